The van der Waals surface area contributed by atoms with Crippen LogP contribution in [0.1, 0.15) is 59.4 Å². The molecule has 166 valence electrons. The van der Waals surface area contributed by atoms with Crippen LogP contribution >= 0.6 is 0 Å². The molecule has 31 heavy (non-hydrogen) atoms. The van der Waals surface area contributed by atoms with Gasteiger partial charge in [0.05, 0.1) is 11.6 Å². The van der Waals surface area contributed by atoms with Gasteiger partial charge in [-0.25, -0.2) is 9.59 Å². The minimum absolute atomic E-state index is 0.0540. The average Bonchev–Trinajstić information content (AvgIpc) is 2.72. The molecule has 0 radical (unpaired) electrons. The zero-order valence-corrected chi connectivity index (χ0v) is 18.7. The first kappa shape index (κ1) is 23.9. The van der Waals surface area contributed by atoms with E-state index < -0.39 is 5.97 Å². The summed E-state index contributed by atoms with van der Waals surface area (Å²) in [4.78, 5) is 36.0. The van der Waals surface area contributed by atoms with Gasteiger partial charge in [0.15, 0.2) is 6.61 Å². The van der Waals surface area contributed by atoms with Gasteiger partial charge in [-0.1, -0.05) is 30.3 Å². The molecule has 7 nitrogen and oxygen atoms in total. The van der Waals surface area contributed by atoms with Crippen LogP contribution in [0.15, 0.2) is 42.5 Å². The van der Waals surface area contributed by atoms with Crippen LogP contribution < -0.4 is 16.0 Å². The van der Waals surface area contributed by atoms with Crippen molar-refractivity contribution < 1.29 is 19.1 Å². The van der Waals surface area contributed by atoms with Crippen molar-refractivity contribution in [2.75, 3.05) is 6.61 Å². The maximum atomic E-state index is 12.2. The van der Waals surface area contributed by atoms with Gasteiger partial charge in [-0.05, 0) is 69.0 Å². The van der Waals surface area contributed by atoms with E-state index in [1.165, 1.54) is 5.56 Å². The van der Waals surface area contributed by atoms with Gasteiger partial charge in [-0.15, -0.1) is 0 Å². The summed E-state index contributed by atoms with van der Waals surface area (Å²) in [5, 5.41) is 8.31. The highest BCUT2D eigenvalue weighted by Gasteiger charge is 2.14. The number of amides is 3. The van der Waals surface area contributed by atoms with E-state index in [-0.39, 0.29) is 30.6 Å². The van der Waals surface area contributed by atoms with Crippen LogP contribution in [0.2, 0.25) is 0 Å². The first-order valence-corrected chi connectivity index (χ1v) is 10.3. The molecule has 0 saturated heterocycles. The van der Waals surface area contributed by atoms with Crippen molar-refractivity contribution in [3.05, 3.63) is 70.3 Å². The monoisotopic (exact) mass is 425 g/mol. The largest absolute Gasteiger partial charge is 0.452 e. The second-order valence-electron chi connectivity index (χ2n) is 7.89. The van der Waals surface area contributed by atoms with E-state index in [1.54, 1.807) is 24.3 Å². The van der Waals surface area contributed by atoms with Crippen LogP contribution in [0.5, 0.6) is 0 Å². The van der Waals surface area contributed by atoms with Crippen LogP contribution in [-0.2, 0) is 16.1 Å². The maximum Gasteiger partial charge on any atom is 0.338 e. The lowest BCUT2D eigenvalue weighted by Gasteiger charge is -2.16. The molecule has 2 rings (SSSR count). The highest BCUT2D eigenvalue weighted by Crippen LogP contribution is 2.16. The molecule has 0 saturated carbocycles. The predicted octanol–water partition coefficient (Wildman–Crippen LogP) is 3.55. The quantitative estimate of drug-likeness (QED) is 0.564. The molecule has 2 aromatic rings. The van der Waals surface area contributed by atoms with E-state index in [0.717, 1.165) is 16.7 Å². The molecular formula is C24H31N3O4. The summed E-state index contributed by atoms with van der Waals surface area (Å²) >= 11 is 0. The number of urea groups is 1. The number of carbonyl (C=O) groups excluding carboxylic acids is 3. The Labute approximate surface area is 183 Å². The maximum absolute atomic E-state index is 12.2. The summed E-state index contributed by atoms with van der Waals surface area (Å²) in [5.74, 6) is -0.942. The first-order valence-electron chi connectivity index (χ1n) is 10.3. The first-order chi connectivity index (χ1) is 14.7. The fourth-order valence-electron chi connectivity index (χ4n) is 2.87. The topological polar surface area (TPSA) is 96.5 Å². The lowest BCUT2D eigenvalue weighted by Crippen LogP contribution is -2.39. The average molecular weight is 426 g/mol. The van der Waals surface area contributed by atoms with Crippen LogP contribution in [0.4, 0.5) is 4.79 Å². The van der Waals surface area contributed by atoms with Crippen molar-refractivity contribution in [3.63, 3.8) is 0 Å². The Bertz CT molecular complexity index is 923. The number of nitrogens with one attached hydrogen (secondary N) is 3. The molecule has 1 atom stereocenters. The van der Waals surface area contributed by atoms with Gasteiger partial charge >= 0.3 is 12.0 Å². The molecule has 0 unspecified atom stereocenters. The van der Waals surface area contributed by atoms with E-state index in [9.17, 15) is 14.4 Å². The van der Waals surface area contributed by atoms with Gasteiger partial charge in [0, 0.05) is 12.6 Å². The number of hydrogen-bond donors (Lipinski definition) is 3. The fourth-order valence-corrected chi connectivity index (χ4v) is 2.87. The second kappa shape index (κ2) is 11.2. The smallest absolute Gasteiger partial charge is 0.338 e. The predicted molar refractivity (Wildman–Crippen MR) is 120 cm³/mol. The van der Waals surface area contributed by atoms with Crippen molar-refractivity contribution >= 4 is 17.9 Å². The van der Waals surface area contributed by atoms with Gasteiger partial charge in [-0.3, -0.25) is 4.79 Å². The minimum Gasteiger partial charge on any atom is -0.452 e. The van der Waals surface area contributed by atoms with Crippen molar-refractivity contribution in [2.24, 2.45) is 0 Å². The van der Waals surface area contributed by atoms with Gasteiger partial charge in [0.25, 0.3) is 5.91 Å². The number of hydrogen-bond acceptors (Lipinski definition) is 4. The number of aryl methyl sites for hydroxylation is 2. The van der Waals surface area contributed by atoms with Gasteiger partial charge < -0.3 is 20.7 Å². The summed E-state index contributed by atoms with van der Waals surface area (Å²) in [6.45, 7) is 9.69. The molecule has 0 fully saturated rings. The number of carbonyl (C=O) groups is 3. The zero-order valence-electron chi connectivity index (χ0n) is 18.7. The van der Waals surface area contributed by atoms with Gasteiger partial charge in [0.1, 0.15) is 0 Å². The molecular weight excluding hydrogens is 394 g/mol. The number of esters is 1. The van der Waals surface area contributed by atoms with Crippen molar-refractivity contribution in [3.8, 4) is 0 Å². The highest BCUT2D eigenvalue weighted by molar-refractivity contribution is 5.91. The Morgan fingerprint density at radius 1 is 0.903 bits per heavy atom. The summed E-state index contributed by atoms with van der Waals surface area (Å²) in [6, 6.07) is 12.3. The summed E-state index contributed by atoms with van der Waals surface area (Å²) in [5.41, 5.74) is 4.52. The molecule has 7 heteroatoms. The van der Waals surface area contributed by atoms with Gasteiger partial charge in [0.2, 0.25) is 0 Å². The Kier molecular flexibility index (Phi) is 8.61. The molecule has 0 aliphatic rings. The third-order valence-corrected chi connectivity index (χ3v) is 4.81. The standard InChI is InChI=1S/C24H31N3O4/c1-15(2)26-24(30)25-13-19-7-10-20(11-8-19)23(29)31-14-22(28)27-18(5)21-9-6-16(3)17(4)12-21/h6-12,15,18H,13-14H2,1-5H3,(H,27,28)(H2,25,26,30)/t18-/m1/s1. The van der Waals surface area contributed by atoms with E-state index in [0.29, 0.717) is 12.1 Å². The van der Waals surface area contributed by atoms with E-state index in [1.807, 2.05) is 52.8 Å². The highest BCUT2D eigenvalue weighted by atomic mass is 16.5. The fraction of sp³-hybridized carbons (Fsp3) is 0.375. The Balaban J connectivity index is 1.80. The number of ether oxygens (including phenoxy) is 1. The van der Waals surface area contributed by atoms with Crippen LogP contribution in [0.25, 0.3) is 0 Å². The van der Waals surface area contributed by atoms with E-state index >= 15 is 0 Å². The van der Waals surface area contributed by atoms with Crippen LogP contribution in [-0.4, -0.2) is 30.6 Å². The summed E-state index contributed by atoms with van der Waals surface area (Å²) in [7, 11) is 0. The van der Waals surface area contributed by atoms with Crippen LogP contribution in [0, 0.1) is 13.8 Å². The molecule has 2 aromatic carbocycles. The Hall–Kier alpha value is -3.35. The molecule has 0 heterocycles. The SMILES string of the molecule is Cc1ccc([C@@H](C)NC(=O)COC(=O)c2ccc(CNC(=O)NC(C)C)cc2)cc1C. The van der Waals surface area contributed by atoms with Crippen molar-refractivity contribution in [1.29, 1.82) is 0 Å². The molecule has 0 bridgehead atoms. The normalized spacial score (nSPS) is 11.5. The summed E-state index contributed by atoms with van der Waals surface area (Å²) < 4.78 is 5.12. The molecule has 0 aromatic heterocycles. The lowest BCUT2D eigenvalue weighted by atomic mass is 10.0. The summed E-state index contributed by atoms with van der Waals surface area (Å²) in [6.07, 6.45) is 0. The Morgan fingerprint density at radius 2 is 1.58 bits per heavy atom. The second-order valence-corrected chi connectivity index (χ2v) is 7.89. The third-order valence-electron chi connectivity index (χ3n) is 4.81. The molecule has 3 N–H and O–H groups in total. The van der Waals surface area contributed by atoms with Gasteiger partial charge in [-0.2, -0.15) is 0 Å². The zero-order chi connectivity index (χ0) is 23.0. The van der Waals surface area contributed by atoms with Crippen molar-refractivity contribution in [1.82, 2.24) is 16.0 Å². The van der Waals surface area contributed by atoms with E-state index in [4.69, 9.17) is 4.74 Å². The molecule has 0 aliphatic carbocycles. The third kappa shape index (κ3) is 7.77. The Morgan fingerprint density at radius 3 is 2.19 bits per heavy atom. The number of benzene rings is 2. The van der Waals surface area contributed by atoms with E-state index in [2.05, 4.69) is 16.0 Å². The minimum atomic E-state index is -0.578. The number of rotatable bonds is 8. The lowest BCUT2D eigenvalue weighted by molar-refractivity contribution is -0.124. The molecule has 0 spiro atoms. The molecule has 0 aliphatic heterocycles. The van der Waals surface area contributed by atoms with Crippen molar-refractivity contribution in [2.45, 2.75) is 53.2 Å². The van der Waals surface area contributed by atoms with Crippen LogP contribution in [0.3, 0.4) is 0 Å². The molecule has 3 amide bonds.